The van der Waals surface area contributed by atoms with Gasteiger partial charge in [-0.1, -0.05) is 43.5 Å². The first-order valence-electron chi connectivity index (χ1n) is 9.00. The second-order valence-corrected chi connectivity index (χ2v) is 13.3. The monoisotopic (exact) mass is 317 g/mol. The molecule has 2 aliphatic rings. The molecule has 1 fully saturated rings. The molecule has 0 radical (unpaired) electrons. The van der Waals surface area contributed by atoms with Crippen LogP contribution in [0.1, 0.15) is 46.5 Å². The smallest absolute Gasteiger partial charge is 0.123 e. The number of hydrogen-bond acceptors (Lipinski definition) is 1. The van der Waals surface area contributed by atoms with Gasteiger partial charge < -0.3 is 4.98 Å². The van der Waals surface area contributed by atoms with Crippen molar-refractivity contribution in [3.63, 3.8) is 0 Å². The van der Waals surface area contributed by atoms with E-state index in [0.717, 1.165) is 23.3 Å². The van der Waals surface area contributed by atoms with E-state index in [1.54, 1.807) is 0 Å². The highest BCUT2D eigenvalue weighted by atomic mass is 28.3. The first-order chi connectivity index (χ1) is 10.2. The Hall–Kier alpha value is -0.603. The van der Waals surface area contributed by atoms with Crippen LogP contribution in [-0.2, 0) is 0 Å². The molecule has 0 spiro atoms. The lowest BCUT2D eigenvalue weighted by molar-refractivity contribution is 0.385. The van der Waals surface area contributed by atoms with Crippen LogP contribution in [0, 0.1) is 17.8 Å². The van der Waals surface area contributed by atoms with Crippen molar-refractivity contribution >= 4 is 8.24 Å². The van der Waals surface area contributed by atoms with Crippen molar-refractivity contribution in [1.82, 2.24) is 4.98 Å². The van der Waals surface area contributed by atoms with Crippen molar-refractivity contribution in [1.29, 1.82) is 0 Å². The summed E-state index contributed by atoms with van der Waals surface area (Å²) in [5.41, 5.74) is 1.08. The molecule has 2 rings (SSSR count). The van der Waals surface area contributed by atoms with Crippen molar-refractivity contribution in [2.45, 2.75) is 70.6 Å². The fourth-order valence-corrected chi connectivity index (χ4v) is 9.13. The second-order valence-electron chi connectivity index (χ2n) is 8.84. The Bertz CT molecular complexity index is 441. The summed E-state index contributed by atoms with van der Waals surface area (Å²) >= 11 is 0. The lowest BCUT2D eigenvalue weighted by Crippen LogP contribution is -2.57. The van der Waals surface area contributed by atoms with E-state index in [4.69, 9.17) is 0 Å². The Morgan fingerprint density at radius 2 is 1.82 bits per heavy atom. The normalized spacial score (nSPS) is 31.3. The zero-order valence-electron chi connectivity index (χ0n) is 15.2. The quantitative estimate of drug-likeness (QED) is 0.377. The summed E-state index contributed by atoms with van der Waals surface area (Å²) in [6.07, 6.45) is 16.9. The molecule has 0 bridgehead atoms. The van der Waals surface area contributed by atoms with Gasteiger partial charge in [0.15, 0.2) is 0 Å². The molecule has 2 heteroatoms. The molecule has 0 aliphatic heterocycles. The molecule has 22 heavy (non-hydrogen) atoms. The standard InChI is InChI=1S/C20H35NSi/c1-7-8-9-12-16-15-19(18-14-11-10-13-17(16)18)22(5,6)21-20(2,3)4/h7,10-11,13-14,16-19,21H,1,8-9,12,15H2,2-6H3. The van der Waals surface area contributed by atoms with Gasteiger partial charge in [0.05, 0.1) is 0 Å². The van der Waals surface area contributed by atoms with Crippen LogP contribution in [0.25, 0.3) is 0 Å². The van der Waals surface area contributed by atoms with Crippen molar-refractivity contribution in [2.24, 2.45) is 17.8 Å². The topological polar surface area (TPSA) is 12.0 Å². The van der Waals surface area contributed by atoms with Crippen LogP contribution in [0.5, 0.6) is 0 Å². The fraction of sp³-hybridized carbons (Fsp3) is 0.700. The highest BCUT2D eigenvalue weighted by molar-refractivity contribution is 6.76. The molecule has 1 nitrogen and oxygen atoms in total. The van der Waals surface area contributed by atoms with E-state index in [2.05, 4.69) is 75.8 Å². The molecule has 0 saturated heterocycles. The predicted octanol–water partition coefficient (Wildman–Crippen LogP) is 5.68. The minimum absolute atomic E-state index is 0.223. The van der Waals surface area contributed by atoms with Crippen LogP contribution in [0.4, 0.5) is 0 Å². The minimum atomic E-state index is -1.46. The number of unbranched alkanes of at least 4 members (excludes halogenated alkanes) is 1. The van der Waals surface area contributed by atoms with E-state index in [0.29, 0.717) is 0 Å². The Balaban J connectivity index is 2.13. The maximum atomic E-state index is 4.02. The maximum absolute atomic E-state index is 4.02. The molecule has 4 atom stereocenters. The van der Waals surface area contributed by atoms with Crippen molar-refractivity contribution in [3.8, 4) is 0 Å². The van der Waals surface area contributed by atoms with Gasteiger partial charge in [0.1, 0.15) is 8.24 Å². The van der Waals surface area contributed by atoms with Gasteiger partial charge in [0.2, 0.25) is 0 Å². The average molecular weight is 318 g/mol. The van der Waals surface area contributed by atoms with Crippen LogP contribution in [0.2, 0.25) is 18.6 Å². The summed E-state index contributed by atoms with van der Waals surface area (Å²) in [5.74, 6) is 2.40. The summed E-state index contributed by atoms with van der Waals surface area (Å²) < 4.78 is 0. The summed E-state index contributed by atoms with van der Waals surface area (Å²) in [4.78, 5) is 4.02. The highest BCUT2D eigenvalue weighted by Crippen LogP contribution is 2.53. The van der Waals surface area contributed by atoms with Crippen LogP contribution in [-0.4, -0.2) is 13.8 Å². The van der Waals surface area contributed by atoms with E-state index in [-0.39, 0.29) is 5.54 Å². The van der Waals surface area contributed by atoms with Gasteiger partial charge in [-0.3, -0.25) is 0 Å². The van der Waals surface area contributed by atoms with Gasteiger partial charge in [-0.05, 0) is 69.7 Å². The Kier molecular flexibility index (Phi) is 5.55. The molecule has 124 valence electrons. The molecule has 0 aromatic carbocycles. The second kappa shape index (κ2) is 6.88. The summed E-state index contributed by atoms with van der Waals surface area (Å²) in [5, 5.41) is 0. The Morgan fingerprint density at radius 1 is 1.18 bits per heavy atom. The number of allylic oxidation sites excluding steroid dienone is 5. The molecule has 0 aromatic rings. The third-order valence-corrected chi connectivity index (χ3v) is 9.26. The lowest BCUT2D eigenvalue weighted by atomic mass is 9.84. The van der Waals surface area contributed by atoms with Crippen LogP contribution in [0.3, 0.4) is 0 Å². The van der Waals surface area contributed by atoms with Gasteiger partial charge >= 0.3 is 0 Å². The number of rotatable bonds is 6. The lowest BCUT2D eigenvalue weighted by Gasteiger charge is -2.40. The van der Waals surface area contributed by atoms with Gasteiger partial charge in [0, 0.05) is 5.54 Å². The molecular formula is C20H35NSi. The van der Waals surface area contributed by atoms with E-state index in [1.165, 1.54) is 25.7 Å². The molecular weight excluding hydrogens is 282 g/mol. The molecule has 4 unspecified atom stereocenters. The van der Waals surface area contributed by atoms with Crippen LogP contribution in [0.15, 0.2) is 37.0 Å². The summed E-state index contributed by atoms with van der Waals surface area (Å²) in [7, 11) is -1.46. The number of hydrogen-bond donors (Lipinski definition) is 1. The minimum Gasteiger partial charge on any atom is -0.332 e. The SMILES string of the molecule is C=CCCCC1CC([Si](C)(C)NC(C)(C)C)C2C=CC=CC12. The van der Waals surface area contributed by atoms with Crippen molar-refractivity contribution < 1.29 is 0 Å². The predicted molar refractivity (Wildman–Crippen MR) is 102 cm³/mol. The molecule has 1 N–H and O–H groups in total. The zero-order valence-corrected chi connectivity index (χ0v) is 16.2. The van der Waals surface area contributed by atoms with Crippen molar-refractivity contribution in [2.75, 3.05) is 0 Å². The summed E-state index contributed by atoms with van der Waals surface area (Å²) in [6.45, 7) is 15.9. The molecule has 0 amide bonds. The highest BCUT2D eigenvalue weighted by Gasteiger charge is 2.48. The summed E-state index contributed by atoms with van der Waals surface area (Å²) in [6, 6.07) is 0. The van der Waals surface area contributed by atoms with E-state index < -0.39 is 8.24 Å². The van der Waals surface area contributed by atoms with Gasteiger partial charge in [-0.2, -0.15) is 0 Å². The Labute approximate surface area is 139 Å². The molecule has 2 aliphatic carbocycles. The van der Waals surface area contributed by atoms with E-state index >= 15 is 0 Å². The van der Waals surface area contributed by atoms with E-state index in [1.807, 2.05) is 0 Å². The first kappa shape index (κ1) is 17.7. The average Bonchev–Trinajstić information content (AvgIpc) is 2.77. The number of fused-ring (bicyclic) bond motifs is 1. The van der Waals surface area contributed by atoms with Gasteiger partial charge in [-0.25, -0.2) is 0 Å². The van der Waals surface area contributed by atoms with Crippen LogP contribution >= 0.6 is 0 Å². The first-order valence-corrected chi connectivity index (χ1v) is 12.1. The third-order valence-electron chi connectivity index (χ3n) is 5.40. The molecule has 0 heterocycles. The van der Waals surface area contributed by atoms with Gasteiger partial charge in [0.25, 0.3) is 0 Å². The fourth-order valence-electron chi connectivity index (χ4n) is 4.83. The third kappa shape index (κ3) is 4.23. The van der Waals surface area contributed by atoms with Crippen molar-refractivity contribution in [3.05, 3.63) is 37.0 Å². The molecule has 1 saturated carbocycles. The zero-order chi connectivity index (χ0) is 16.4. The molecule has 0 aromatic heterocycles. The maximum Gasteiger partial charge on any atom is 0.123 e. The van der Waals surface area contributed by atoms with Crippen LogP contribution < -0.4 is 4.98 Å². The van der Waals surface area contributed by atoms with E-state index in [9.17, 15) is 0 Å². The van der Waals surface area contributed by atoms with Gasteiger partial charge in [-0.15, -0.1) is 6.58 Å². The number of nitrogens with one attached hydrogen (secondary N) is 1. The Morgan fingerprint density at radius 3 is 2.41 bits per heavy atom. The largest absolute Gasteiger partial charge is 0.332 e.